The summed E-state index contributed by atoms with van der Waals surface area (Å²) in [5.74, 6) is -0.929. The molecular weight excluding hydrogens is 266 g/mol. The van der Waals surface area contributed by atoms with Crippen molar-refractivity contribution in [2.24, 2.45) is 5.41 Å². The minimum absolute atomic E-state index is 0.0578. The summed E-state index contributed by atoms with van der Waals surface area (Å²) in [4.78, 5) is 23.0. The maximum atomic E-state index is 12.4. The number of hydrogen-bond donors (Lipinski definition) is 2. The van der Waals surface area contributed by atoms with E-state index < -0.39 is 5.97 Å². The number of aryl methyl sites for hydroxylation is 1. The van der Waals surface area contributed by atoms with Crippen molar-refractivity contribution in [1.82, 2.24) is 0 Å². The van der Waals surface area contributed by atoms with E-state index in [1.165, 1.54) is 6.08 Å². The maximum Gasteiger partial charge on any atom is 0.328 e. The fourth-order valence-electron chi connectivity index (χ4n) is 2.70. The molecule has 1 saturated carbocycles. The zero-order valence-electron chi connectivity index (χ0n) is 12.5. The van der Waals surface area contributed by atoms with Crippen molar-refractivity contribution >= 4 is 23.6 Å². The highest BCUT2D eigenvalue weighted by Gasteiger charge is 2.36. The van der Waals surface area contributed by atoms with E-state index in [1.807, 2.05) is 32.0 Å². The highest BCUT2D eigenvalue weighted by Crippen LogP contribution is 2.38. The van der Waals surface area contributed by atoms with Crippen molar-refractivity contribution in [3.63, 3.8) is 0 Å². The van der Waals surface area contributed by atoms with Gasteiger partial charge in [0.1, 0.15) is 0 Å². The van der Waals surface area contributed by atoms with E-state index in [0.29, 0.717) is 0 Å². The molecule has 1 aliphatic rings. The van der Waals surface area contributed by atoms with Crippen molar-refractivity contribution < 1.29 is 14.7 Å². The van der Waals surface area contributed by atoms with E-state index in [9.17, 15) is 9.59 Å². The number of rotatable bonds is 4. The summed E-state index contributed by atoms with van der Waals surface area (Å²) < 4.78 is 0. The van der Waals surface area contributed by atoms with E-state index in [2.05, 4.69) is 5.32 Å². The number of benzene rings is 1. The molecule has 0 spiro atoms. The van der Waals surface area contributed by atoms with E-state index in [0.717, 1.165) is 48.6 Å². The smallest absolute Gasteiger partial charge is 0.328 e. The Bertz CT molecular complexity index is 584. The minimum atomic E-state index is -0.986. The standard InChI is InChI=1S/C17H21NO3/c1-12-5-6-13(7-8-15(19)20)11-14(12)18-16(21)17(2)9-3-4-10-17/h5-8,11H,3-4,9-10H2,1-2H3,(H,18,21)(H,19,20)/b8-7+. The molecule has 0 aromatic heterocycles. The Morgan fingerprint density at radius 3 is 2.57 bits per heavy atom. The molecule has 0 atom stereocenters. The number of carboxylic acid groups (broad SMARTS) is 1. The molecule has 0 aliphatic heterocycles. The lowest BCUT2D eigenvalue weighted by atomic mass is 9.87. The summed E-state index contributed by atoms with van der Waals surface area (Å²) >= 11 is 0. The molecule has 112 valence electrons. The predicted octanol–water partition coefficient (Wildman–Crippen LogP) is 3.61. The van der Waals surface area contributed by atoms with Crippen LogP contribution in [0, 0.1) is 12.3 Å². The van der Waals surface area contributed by atoms with Crippen LogP contribution in [0.2, 0.25) is 0 Å². The van der Waals surface area contributed by atoms with Crippen molar-refractivity contribution in [2.45, 2.75) is 39.5 Å². The molecule has 1 fully saturated rings. The second-order valence-electron chi connectivity index (χ2n) is 5.97. The molecule has 0 unspecified atom stereocenters. The molecule has 2 rings (SSSR count). The molecule has 4 heteroatoms. The van der Waals surface area contributed by atoms with E-state index >= 15 is 0 Å². The normalized spacial score (nSPS) is 17.0. The molecule has 4 nitrogen and oxygen atoms in total. The number of carbonyl (C=O) groups excluding carboxylic acids is 1. The molecular formula is C17H21NO3. The Balaban J connectivity index is 2.17. The highest BCUT2D eigenvalue weighted by molar-refractivity contribution is 5.96. The zero-order valence-corrected chi connectivity index (χ0v) is 12.5. The summed E-state index contributed by atoms with van der Waals surface area (Å²) in [5.41, 5.74) is 2.20. The topological polar surface area (TPSA) is 66.4 Å². The lowest BCUT2D eigenvalue weighted by Gasteiger charge is -2.23. The minimum Gasteiger partial charge on any atom is -0.478 e. The third-order valence-electron chi connectivity index (χ3n) is 4.18. The van der Waals surface area contributed by atoms with E-state index in [1.54, 1.807) is 0 Å². The molecule has 0 radical (unpaired) electrons. The fraction of sp³-hybridized carbons (Fsp3) is 0.412. The molecule has 0 saturated heterocycles. The molecule has 1 aromatic rings. The molecule has 1 aliphatic carbocycles. The van der Waals surface area contributed by atoms with Gasteiger partial charge in [-0.05, 0) is 43.0 Å². The van der Waals surface area contributed by atoms with Gasteiger partial charge in [-0.1, -0.05) is 31.9 Å². The van der Waals surface area contributed by atoms with Gasteiger partial charge in [0.05, 0.1) is 0 Å². The van der Waals surface area contributed by atoms with Crippen LogP contribution in [0.1, 0.15) is 43.7 Å². The van der Waals surface area contributed by atoms with Crippen LogP contribution in [-0.4, -0.2) is 17.0 Å². The lowest BCUT2D eigenvalue weighted by Crippen LogP contribution is -2.31. The monoisotopic (exact) mass is 287 g/mol. The zero-order chi connectivity index (χ0) is 15.5. The van der Waals surface area contributed by atoms with Crippen molar-refractivity contribution in [2.75, 3.05) is 5.32 Å². The number of anilines is 1. The van der Waals surface area contributed by atoms with Gasteiger partial charge >= 0.3 is 5.97 Å². The second-order valence-corrected chi connectivity index (χ2v) is 5.97. The van der Waals surface area contributed by atoms with Gasteiger partial charge in [0, 0.05) is 17.2 Å². The van der Waals surface area contributed by atoms with Crippen LogP contribution in [-0.2, 0) is 9.59 Å². The van der Waals surface area contributed by atoms with Crippen LogP contribution in [0.3, 0.4) is 0 Å². The SMILES string of the molecule is Cc1ccc(/C=C/C(=O)O)cc1NC(=O)C1(C)CCCC1. The first kappa shape index (κ1) is 15.3. The van der Waals surface area contributed by atoms with Gasteiger partial charge in [-0.3, -0.25) is 4.79 Å². The summed E-state index contributed by atoms with van der Waals surface area (Å²) in [5, 5.41) is 11.7. The predicted molar refractivity (Wildman–Crippen MR) is 83.1 cm³/mol. The van der Waals surface area contributed by atoms with Crippen LogP contribution in [0.15, 0.2) is 24.3 Å². The third-order valence-corrected chi connectivity index (χ3v) is 4.18. The number of carbonyl (C=O) groups is 2. The van der Waals surface area contributed by atoms with Crippen molar-refractivity contribution in [3.8, 4) is 0 Å². The van der Waals surface area contributed by atoms with Gasteiger partial charge in [0.2, 0.25) is 5.91 Å². The Kier molecular flexibility index (Phi) is 4.46. The third kappa shape index (κ3) is 3.72. The van der Waals surface area contributed by atoms with Gasteiger partial charge in [-0.15, -0.1) is 0 Å². The van der Waals surface area contributed by atoms with Crippen LogP contribution >= 0.6 is 0 Å². The van der Waals surface area contributed by atoms with Crippen LogP contribution < -0.4 is 5.32 Å². The number of hydrogen-bond acceptors (Lipinski definition) is 2. The van der Waals surface area contributed by atoms with Crippen molar-refractivity contribution in [1.29, 1.82) is 0 Å². The first-order chi connectivity index (χ1) is 9.90. The van der Waals surface area contributed by atoms with Gasteiger partial charge in [-0.2, -0.15) is 0 Å². The van der Waals surface area contributed by atoms with Crippen LogP contribution in [0.4, 0.5) is 5.69 Å². The summed E-state index contributed by atoms with van der Waals surface area (Å²) in [6, 6.07) is 5.53. The number of nitrogens with one attached hydrogen (secondary N) is 1. The fourth-order valence-corrected chi connectivity index (χ4v) is 2.70. The molecule has 1 amide bonds. The number of aliphatic carboxylic acids is 1. The average molecular weight is 287 g/mol. The van der Waals surface area contributed by atoms with Crippen molar-refractivity contribution in [3.05, 3.63) is 35.4 Å². The first-order valence-electron chi connectivity index (χ1n) is 7.24. The van der Waals surface area contributed by atoms with Gasteiger partial charge in [0.15, 0.2) is 0 Å². The first-order valence-corrected chi connectivity index (χ1v) is 7.24. The van der Waals surface area contributed by atoms with E-state index in [-0.39, 0.29) is 11.3 Å². The molecule has 0 heterocycles. The number of amides is 1. The summed E-state index contributed by atoms with van der Waals surface area (Å²) in [6.07, 6.45) is 6.67. The van der Waals surface area contributed by atoms with Crippen LogP contribution in [0.25, 0.3) is 6.08 Å². The Hall–Kier alpha value is -2.10. The van der Waals surface area contributed by atoms with Gasteiger partial charge < -0.3 is 10.4 Å². The Morgan fingerprint density at radius 1 is 1.29 bits per heavy atom. The molecule has 2 N–H and O–H groups in total. The molecule has 0 bridgehead atoms. The average Bonchev–Trinajstić information content (AvgIpc) is 2.88. The van der Waals surface area contributed by atoms with E-state index in [4.69, 9.17) is 5.11 Å². The maximum absolute atomic E-state index is 12.4. The highest BCUT2D eigenvalue weighted by atomic mass is 16.4. The molecule has 1 aromatic carbocycles. The molecule has 21 heavy (non-hydrogen) atoms. The van der Waals surface area contributed by atoms with Gasteiger partial charge in [0.25, 0.3) is 0 Å². The Labute approximate surface area is 124 Å². The summed E-state index contributed by atoms with van der Waals surface area (Å²) in [6.45, 7) is 3.94. The van der Waals surface area contributed by atoms with Crippen LogP contribution in [0.5, 0.6) is 0 Å². The number of carboxylic acids is 1. The van der Waals surface area contributed by atoms with Gasteiger partial charge in [-0.25, -0.2) is 4.79 Å². The lowest BCUT2D eigenvalue weighted by molar-refractivity contribution is -0.131. The quantitative estimate of drug-likeness (QED) is 0.831. The Morgan fingerprint density at radius 2 is 1.95 bits per heavy atom. The largest absolute Gasteiger partial charge is 0.478 e. The second kappa shape index (κ2) is 6.12. The summed E-state index contributed by atoms with van der Waals surface area (Å²) in [7, 11) is 0.